The molecule has 0 aliphatic carbocycles. The molecule has 3 rings (SSSR count). The summed E-state index contributed by atoms with van der Waals surface area (Å²) in [5, 5.41) is 3.99. The van der Waals surface area contributed by atoms with Crippen LogP contribution in [0, 0.1) is 19.8 Å². The molecule has 2 aliphatic rings. The maximum absolute atomic E-state index is 13.1. The number of rotatable bonds is 4. The number of hydrogen-bond donors (Lipinski definition) is 1. The van der Waals surface area contributed by atoms with E-state index in [4.69, 9.17) is 15.0 Å². The van der Waals surface area contributed by atoms with Crippen LogP contribution in [0.2, 0.25) is 0 Å². The molecule has 146 valence electrons. The second kappa shape index (κ2) is 8.50. The third kappa shape index (κ3) is 4.45. The summed E-state index contributed by atoms with van der Waals surface area (Å²) in [6.07, 6.45) is 3.81. The first-order valence-corrected chi connectivity index (χ1v) is 9.69. The van der Waals surface area contributed by atoms with Crippen molar-refractivity contribution in [3.8, 4) is 0 Å². The number of nitrogens with zero attached hydrogens (tertiary/aromatic N) is 3. The first-order valence-electron chi connectivity index (χ1n) is 9.69. The van der Waals surface area contributed by atoms with E-state index in [1.807, 2.05) is 25.8 Å². The molecule has 2 atom stereocenters. The van der Waals surface area contributed by atoms with Crippen LogP contribution in [0.1, 0.15) is 42.7 Å². The molecule has 26 heavy (non-hydrogen) atoms. The minimum atomic E-state index is -0.00290. The van der Waals surface area contributed by atoms with E-state index in [2.05, 4.69) is 10.1 Å². The first-order chi connectivity index (χ1) is 12.5. The summed E-state index contributed by atoms with van der Waals surface area (Å²) in [6.45, 7) is 7.64. The van der Waals surface area contributed by atoms with Gasteiger partial charge in [0.15, 0.2) is 0 Å². The van der Waals surface area contributed by atoms with Gasteiger partial charge in [-0.2, -0.15) is 0 Å². The van der Waals surface area contributed by atoms with Gasteiger partial charge in [0.1, 0.15) is 5.76 Å². The van der Waals surface area contributed by atoms with E-state index in [1.54, 1.807) is 0 Å². The van der Waals surface area contributed by atoms with Crippen LogP contribution in [0.4, 0.5) is 0 Å². The quantitative estimate of drug-likeness (QED) is 0.871. The lowest BCUT2D eigenvalue weighted by Crippen LogP contribution is -2.47. The summed E-state index contributed by atoms with van der Waals surface area (Å²) < 4.78 is 10.7. The van der Waals surface area contributed by atoms with Gasteiger partial charge in [-0.1, -0.05) is 5.16 Å². The number of carbonyl (C=O) groups is 1. The van der Waals surface area contributed by atoms with Gasteiger partial charge in [0.25, 0.3) is 0 Å². The molecule has 1 aromatic heterocycles. The summed E-state index contributed by atoms with van der Waals surface area (Å²) in [5.74, 6) is 0.974. The maximum Gasteiger partial charge on any atom is 0.227 e. The number of hydrogen-bond acceptors (Lipinski definition) is 6. The first kappa shape index (κ1) is 19.3. The minimum Gasteiger partial charge on any atom is -0.381 e. The van der Waals surface area contributed by atoms with Crippen molar-refractivity contribution in [3.05, 3.63) is 17.0 Å². The molecule has 1 amide bonds. The molecule has 2 fully saturated rings. The van der Waals surface area contributed by atoms with Crippen molar-refractivity contribution < 1.29 is 14.1 Å². The van der Waals surface area contributed by atoms with Crippen LogP contribution < -0.4 is 5.73 Å². The fourth-order valence-corrected chi connectivity index (χ4v) is 4.16. The number of likely N-dealkylation sites (tertiary alicyclic amines) is 1. The van der Waals surface area contributed by atoms with E-state index in [9.17, 15) is 4.79 Å². The van der Waals surface area contributed by atoms with Crippen molar-refractivity contribution in [2.24, 2.45) is 11.7 Å². The Morgan fingerprint density at radius 3 is 2.62 bits per heavy atom. The van der Waals surface area contributed by atoms with Crippen molar-refractivity contribution >= 4 is 5.91 Å². The number of aryl methyl sites for hydroxylation is 2. The molecule has 0 aromatic carbocycles. The van der Waals surface area contributed by atoms with Crippen LogP contribution in [-0.2, 0) is 16.1 Å². The molecule has 0 bridgehead atoms. The number of nitrogens with two attached hydrogens (primary N) is 1. The van der Waals surface area contributed by atoms with Gasteiger partial charge in [-0.05, 0) is 39.5 Å². The van der Waals surface area contributed by atoms with E-state index < -0.39 is 0 Å². The van der Waals surface area contributed by atoms with Gasteiger partial charge in [-0.3, -0.25) is 9.69 Å². The Hall–Kier alpha value is -1.44. The monoisotopic (exact) mass is 364 g/mol. The average Bonchev–Trinajstić information content (AvgIpc) is 2.84. The molecule has 7 nitrogen and oxygen atoms in total. The summed E-state index contributed by atoms with van der Waals surface area (Å²) in [7, 11) is 1.87. The van der Waals surface area contributed by atoms with Crippen molar-refractivity contribution in [2.45, 2.75) is 58.2 Å². The van der Waals surface area contributed by atoms with Gasteiger partial charge in [0.05, 0.1) is 18.2 Å². The van der Waals surface area contributed by atoms with Crippen LogP contribution in [-0.4, -0.2) is 66.3 Å². The zero-order chi connectivity index (χ0) is 18.7. The third-order valence-corrected chi connectivity index (χ3v) is 5.82. The Labute approximate surface area is 155 Å². The molecule has 1 aromatic rings. The van der Waals surface area contributed by atoms with Gasteiger partial charge < -0.3 is 19.9 Å². The Bertz CT molecular complexity index is 592. The smallest absolute Gasteiger partial charge is 0.227 e. The van der Waals surface area contributed by atoms with Gasteiger partial charge in [0.2, 0.25) is 5.91 Å². The molecule has 0 radical (unpaired) electrons. The topological polar surface area (TPSA) is 84.8 Å². The molecule has 7 heteroatoms. The Morgan fingerprint density at radius 1 is 1.23 bits per heavy atom. The van der Waals surface area contributed by atoms with Crippen LogP contribution in [0.25, 0.3) is 0 Å². The lowest BCUT2D eigenvalue weighted by molar-refractivity contribution is -0.135. The maximum atomic E-state index is 13.1. The highest BCUT2D eigenvalue weighted by atomic mass is 16.5. The molecule has 2 N–H and O–H groups in total. The summed E-state index contributed by atoms with van der Waals surface area (Å²) >= 11 is 0. The minimum absolute atomic E-state index is 0.00290. The summed E-state index contributed by atoms with van der Waals surface area (Å²) in [5.41, 5.74) is 8.16. The molecular weight excluding hydrogens is 332 g/mol. The second-order valence-corrected chi connectivity index (χ2v) is 7.83. The van der Waals surface area contributed by atoms with E-state index in [-0.39, 0.29) is 17.9 Å². The highest BCUT2D eigenvalue weighted by molar-refractivity contribution is 5.79. The van der Waals surface area contributed by atoms with Crippen LogP contribution in [0.5, 0.6) is 0 Å². The zero-order valence-corrected chi connectivity index (χ0v) is 16.2. The average molecular weight is 364 g/mol. The molecule has 3 heterocycles. The number of ether oxygens (including phenoxy) is 1. The number of amides is 1. The van der Waals surface area contributed by atoms with E-state index in [0.29, 0.717) is 12.6 Å². The van der Waals surface area contributed by atoms with Crippen LogP contribution in [0.15, 0.2) is 4.52 Å². The Balaban J connectivity index is 1.66. The fraction of sp³-hybridized carbons (Fsp3) is 0.789. The fourth-order valence-electron chi connectivity index (χ4n) is 4.16. The highest BCUT2D eigenvalue weighted by Gasteiger charge is 2.33. The third-order valence-electron chi connectivity index (χ3n) is 5.82. The van der Waals surface area contributed by atoms with Crippen LogP contribution >= 0.6 is 0 Å². The lowest BCUT2D eigenvalue weighted by atomic mass is 9.99. The van der Waals surface area contributed by atoms with Crippen LogP contribution in [0.3, 0.4) is 0 Å². The zero-order valence-electron chi connectivity index (χ0n) is 16.2. The summed E-state index contributed by atoms with van der Waals surface area (Å²) in [4.78, 5) is 17.4. The molecule has 0 spiro atoms. The van der Waals surface area contributed by atoms with Gasteiger partial charge >= 0.3 is 0 Å². The molecule has 2 saturated heterocycles. The normalized spacial score (nSPS) is 25.8. The molecule has 0 saturated carbocycles. The SMILES string of the molecule is Cc1noc(C)c1CN(C)C(=O)[C@@H]1CC[C@H](N)CN(C2CCOCC2)C1. The lowest BCUT2D eigenvalue weighted by Gasteiger charge is -2.36. The van der Waals surface area contributed by atoms with Crippen molar-refractivity contribution in [1.82, 2.24) is 15.0 Å². The molecule has 2 aliphatic heterocycles. The van der Waals surface area contributed by atoms with Gasteiger partial charge in [-0.25, -0.2) is 0 Å². The predicted octanol–water partition coefficient (Wildman–Crippen LogP) is 1.47. The second-order valence-electron chi connectivity index (χ2n) is 7.83. The Morgan fingerprint density at radius 2 is 1.96 bits per heavy atom. The van der Waals surface area contributed by atoms with E-state index >= 15 is 0 Å². The number of carbonyl (C=O) groups excluding carboxylic acids is 1. The highest BCUT2D eigenvalue weighted by Crippen LogP contribution is 2.24. The predicted molar refractivity (Wildman–Crippen MR) is 98.6 cm³/mol. The van der Waals surface area contributed by atoms with Crippen molar-refractivity contribution in [2.75, 3.05) is 33.4 Å². The standard InChI is InChI=1S/C19H32N4O3/c1-13-18(14(2)26-21-13)12-22(3)19(24)15-4-5-16(20)11-23(10-15)17-6-8-25-9-7-17/h15-17H,4-12,20H2,1-3H3/t15-,16+/m1/s1. The molecule has 0 unspecified atom stereocenters. The number of aromatic nitrogens is 1. The van der Waals surface area contributed by atoms with Crippen molar-refractivity contribution in [1.29, 1.82) is 0 Å². The summed E-state index contributed by atoms with van der Waals surface area (Å²) in [6, 6.07) is 0.625. The largest absolute Gasteiger partial charge is 0.381 e. The van der Waals surface area contributed by atoms with Crippen molar-refractivity contribution in [3.63, 3.8) is 0 Å². The van der Waals surface area contributed by atoms with Gasteiger partial charge in [-0.15, -0.1) is 0 Å². The van der Waals surface area contributed by atoms with E-state index in [0.717, 1.165) is 69.0 Å². The van der Waals surface area contributed by atoms with Gasteiger partial charge in [0, 0.05) is 51.0 Å². The Kier molecular flexibility index (Phi) is 6.32. The molecular formula is C19H32N4O3. The van der Waals surface area contributed by atoms with E-state index in [1.165, 1.54) is 0 Å².